The number of hydrogen-bond donors (Lipinski definition) is 0. The minimum atomic E-state index is -0.330. The molecule has 0 N–H and O–H groups in total. The zero-order valence-corrected chi connectivity index (χ0v) is 15.5. The molecule has 3 aromatic rings. The van der Waals surface area contributed by atoms with Gasteiger partial charge in [0.15, 0.2) is 0 Å². The van der Waals surface area contributed by atoms with E-state index in [1.807, 2.05) is 13.8 Å². The maximum absolute atomic E-state index is 13.4. The van der Waals surface area contributed by atoms with E-state index in [9.17, 15) is 13.6 Å². The Labute approximate surface area is 157 Å². The maximum Gasteiger partial charge on any atom is 0.257 e. The number of carbonyl (C=O) groups is 1. The molecule has 1 amide bonds. The van der Waals surface area contributed by atoms with E-state index in [2.05, 4.69) is 5.10 Å². The number of carbonyl (C=O) groups excluding carboxylic acids is 1. The Balaban J connectivity index is 1.92. The molecule has 0 fully saturated rings. The average molecular weight is 369 g/mol. The van der Waals surface area contributed by atoms with Crippen molar-refractivity contribution in [1.29, 1.82) is 0 Å². The lowest BCUT2D eigenvalue weighted by Gasteiger charge is -2.21. The third-order valence-corrected chi connectivity index (χ3v) is 4.51. The van der Waals surface area contributed by atoms with Gasteiger partial charge >= 0.3 is 0 Å². The first-order valence-corrected chi connectivity index (χ1v) is 8.76. The summed E-state index contributed by atoms with van der Waals surface area (Å²) in [6.45, 7) is 6.26. The topological polar surface area (TPSA) is 38.1 Å². The summed E-state index contributed by atoms with van der Waals surface area (Å²) in [4.78, 5) is 14.8. The Hall–Kier alpha value is -3.02. The Kier molecular flexibility index (Phi) is 5.35. The van der Waals surface area contributed by atoms with Crippen molar-refractivity contribution < 1.29 is 13.6 Å². The van der Waals surface area contributed by atoms with Crippen LogP contribution in [0.25, 0.3) is 5.69 Å². The predicted molar refractivity (Wildman–Crippen MR) is 99.8 cm³/mol. The number of amides is 1. The van der Waals surface area contributed by atoms with Crippen LogP contribution in [-0.2, 0) is 6.54 Å². The van der Waals surface area contributed by atoms with E-state index in [0.29, 0.717) is 35.7 Å². The third kappa shape index (κ3) is 3.89. The summed E-state index contributed by atoms with van der Waals surface area (Å²) < 4.78 is 28.3. The number of benzene rings is 2. The molecule has 0 saturated carbocycles. The molecule has 27 heavy (non-hydrogen) atoms. The van der Waals surface area contributed by atoms with Crippen molar-refractivity contribution in [2.45, 2.75) is 27.3 Å². The molecule has 140 valence electrons. The molecule has 0 aliphatic heterocycles. The molecule has 0 bridgehead atoms. The van der Waals surface area contributed by atoms with Crippen LogP contribution in [0.5, 0.6) is 0 Å². The van der Waals surface area contributed by atoms with Gasteiger partial charge in [-0.05, 0) is 62.7 Å². The smallest absolute Gasteiger partial charge is 0.257 e. The van der Waals surface area contributed by atoms with E-state index in [1.165, 1.54) is 24.3 Å². The van der Waals surface area contributed by atoms with Gasteiger partial charge in [0.1, 0.15) is 11.6 Å². The molecule has 0 aliphatic rings. The molecular weight excluding hydrogens is 348 g/mol. The molecule has 0 saturated heterocycles. The lowest BCUT2D eigenvalue weighted by Crippen LogP contribution is -2.31. The highest BCUT2D eigenvalue weighted by Gasteiger charge is 2.23. The number of aryl methyl sites for hydroxylation is 1. The van der Waals surface area contributed by atoms with Crippen LogP contribution in [0.3, 0.4) is 0 Å². The summed E-state index contributed by atoms with van der Waals surface area (Å²) in [6.07, 6.45) is 0. The van der Waals surface area contributed by atoms with E-state index < -0.39 is 0 Å². The maximum atomic E-state index is 13.4. The molecule has 6 heteroatoms. The summed E-state index contributed by atoms with van der Waals surface area (Å²) in [5, 5.41) is 4.46. The number of halogens is 2. The van der Waals surface area contributed by atoms with E-state index in [1.54, 1.807) is 40.8 Å². The lowest BCUT2D eigenvalue weighted by molar-refractivity contribution is 0.0751. The first-order valence-electron chi connectivity index (χ1n) is 8.76. The first-order chi connectivity index (χ1) is 12.9. The molecule has 0 aliphatic carbocycles. The second-order valence-corrected chi connectivity index (χ2v) is 6.38. The van der Waals surface area contributed by atoms with E-state index >= 15 is 0 Å². The van der Waals surface area contributed by atoms with Gasteiger partial charge in [-0.3, -0.25) is 4.79 Å². The molecular formula is C21H21F2N3O. The lowest BCUT2D eigenvalue weighted by atomic mass is 10.1. The first kappa shape index (κ1) is 18.8. The van der Waals surface area contributed by atoms with Gasteiger partial charge in [-0.15, -0.1) is 0 Å². The summed E-state index contributed by atoms with van der Waals surface area (Å²) in [7, 11) is 0. The van der Waals surface area contributed by atoms with Crippen molar-refractivity contribution in [3.05, 3.63) is 82.7 Å². The van der Waals surface area contributed by atoms with Gasteiger partial charge in [0.05, 0.1) is 22.6 Å². The van der Waals surface area contributed by atoms with E-state index in [-0.39, 0.29) is 17.5 Å². The van der Waals surface area contributed by atoms with Gasteiger partial charge in [0, 0.05) is 13.1 Å². The Bertz CT molecular complexity index is 964. The number of hydrogen-bond acceptors (Lipinski definition) is 2. The SMILES string of the molecule is CCN(Cc1cccc(F)c1)C(=O)c1c(C)nn(-c2ccc(F)cc2)c1C. The van der Waals surface area contributed by atoms with E-state index in [4.69, 9.17) is 0 Å². The Morgan fingerprint density at radius 2 is 1.78 bits per heavy atom. The fourth-order valence-corrected chi connectivity index (χ4v) is 3.13. The summed E-state index contributed by atoms with van der Waals surface area (Å²) in [6, 6.07) is 12.2. The Morgan fingerprint density at radius 3 is 2.41 bits per heavy atom. The van der Waals surface area contributed by atoms with Crippen LogP contribution >= 0.6 is 0 Å². The van der Waals surface area contributed by atoms with Gasteiger partial charge in [-0.2, -0.15) is 5.10 Å². The molecule has 1 aromatic heterocycles. The minimum Gasteiger partial charge on any atom is -0.334 e. The molecule has 0 atom stereocenters. The fourth-order valence-electron chi connectivity index (χ4n) is 3.13. The minimum absolute atomic E-state index is 0.162. The monoisotopic (exact) mass is 369 g/mol. The van der Waals surface area contributed by atoms with Crippen LogP contribution in [0.15, 0.2) is 48.5 Å². The highest BCUT2D eigenvalue weighted by molar-refractivity contribution is 5.96. The molecule has 0 unspecified atom stereocenters. The van der Waals surface area contributed by atoms with Gasteiger partial charge in [-0.25, -0.2) is 13.5 Å². The fraction of sp³-hybridized carbons (Fsp3) is 0.238. The zero-order valence-electron chi connectivity index (χ0n) is 15.5. The summed E-state index contributed by atoms with van der Waals surface area (Å²) >= 11 is 0. The quantitative estimate of drug-likeness (QED) is 0.667. The van der Waals surface area contributed by atoms with Gasteiger partial charge in [0.25, 0.3) is 5.91 Å². The molecule has 1 heterocycles. The van der Waals surface area contributed by atoms with Crippen LogP contribution in [0.2, 0.25) is 0 Å². The van der Waals surface area contributed by atoms with Crippen molar-refractivity contribution >= 4 is 5.91 Å². The second kappa shape index (κ2) is 7.70. The second-order valence-electron chi connectivity index (χ2n) is 6.38. The number of rotatable bonds is 5. The molecule has 2 aromatic carbocycles. The van der Waals surface area contributed by atoms with Crippen LogP contribution in [0.1, 0.15) is 34.2 Å². The van der Waals surface area contributed by atoms with Crippen molar-refractivity contribution in [3.63, 3.8) is 0 Å². The average Bonchev–Trinajstić information content (AvgIpc) is 2.94. The van der Waals surface area contributed by atoms with E-state index in [0.717, 1.165) is 5.56 Å². The van der Waals surface area contributed by atoms with Crippen LogP contribution in [0.4, 0.5) is 8.78 Å². The Morgan fingerprint density at radius 1 is 1.07 bits per heavy atom. The predicted octanol–water partition coefficient (Wildman–Crippen LogP) is 4.43. The zero-order chi connectivity index (χ0) is 19.6. The number of aromatic nitrogens is 2. The van der Waals surface area contributed by atoms with Crippen molar-refractivity contribution in [3.8, 4) is 5.69 Å². The van der Waals surface area contributed by atoms with Crippen molar-refractivity contribution in [2.24, 2.45) is 0 Å². The molecule has 0 spiro atoms. The van der Waals surface area contributed by atoms with Gasteiger partial charge < -0.3 is 4.90 Å². The van der Waals surface area contributed by atoms with Crippen LogP contribution < -0.4 is 0 Å². The largest absolute Gasteiger partial charge is 0.334 e. The summed E-state index contributed by atoms with van der Waals surface area (Å²) in [5.74, 6) is -0.818. The van der Waals surface area contributed by atoms with Crippen molar-refractivity contribution in [1.82, 2.24) is 14.7 Å². The van der Waals surface area contributed by atoms with Gasteiger partial charge in [-0.1, -0.05) is 12.1 Å². The van der Waals surface area contributed by atoms with Crippen LogP contribution in [0, 0.1) is 25.5 Å². The van der Waals surface area contributed by atoms with Crippen LogP contribution in [-0.4, -0.2) is 27.1 Å². The molecule has 0 radical (unpaired) electrons. The van der Waals surface area contributed by atoms with Crippen molar-refractivity contribution in [2.75, 3.05) is 6.54 Å². The third-order valence-electron chi connectivity index (χ3n) is 4.51. The van der Waals surface area contributed by atoms with Gasteiger partial charge in [0.2, 0.25) is 0 Å². The summed E-state index contributed by atoms with van der Waals surface area (Å²) in [5.41, 5.74) is 3.20. The molecule has 3 rings (SSSR count). The standard InChI is InChI=1S/C21H21F2N3O/c1-4-25(13-16-6-5-7-18(23)12-16)21(27)20-14(2)24-26(15(20)3)19-10-8-17(22)9-11-19/h5-12H,4,13H2,1-3H3. The number of nitrogens with zero attached hydrogens (tertiary/aromatic N) is 3. The highest BCUT2D eigenvalue weighted by Crippen LogP contribution is 2.21. The normalized spacial score (nSPS) is 10.9. The molecule has 4 nitrogen and oxygen atoms in total. The highest BCUT2D eigenvalue weighted by atomic mass is 19.1.